The number of nitrogens with zero attached hydrogens (tertiary/aromatic N) is 2. The lowest BCUT2D eigenvalue weighted by Gasteiger charge is -2.23. The van der Waals surface area contributed by atoms with Crippen molar-refractivity contribution in [3.63, 3.8) is 0 Å². The van der Waals surface area contributed by atoms with Crippen LogP contribution in [0.2, 0.25) is 0 Å². The zero-order chi connectivity index (χ0) is 11.9. The van der Waals surface area contributed by atoms with Crippen LogP contribution in [0, 0.1) is 12.3 Å². The summed E-state index contributed by atoms with van der Waals surface area (Å²) in [4.78, 5) is 4.30. The van der Waals surface area contributed by atoms with Crippen LogP contribution in [0.15, 0.2) is 12.5 Å². The van der Waals surface area contributed by atoms with E-state index in [1.54, 1.807) is 0 Å². The number of nitrogens with one attached hydrogen (secondary N) is 1. The smallest absolute Gasteiger partial charge is 0.0948 e. The number of aromatic nitrogens is 2. The van der Waals surface area contributed by atoms with E-state index in [0.29, 0.717) is 5.92 Å². The molecule has 0 unspecified atom stereocenters. The third kappa shape index (κ3) is 3.34. The largest absolute Gasteiger partial charge is 0.334 e. The molecule has 2 rings (SSSR count). The Kier molecular flexibility index (Phi) is 4.63. The van der Waals surface area contributed by atoms with Gasteiger partial charge in [-0.1, -0.05) is 0 Å². The third-order valence-corrected chi connectivity index (χ3v) is 3.47. The highest BCUT2D eigenvalue weighted by atomic mass is 15.0. The zero-order valence-corrected chi connectivity index (χ0v) is 10.4. The van der Waals surface area contributed by atoms with Crippen LogP contribution in [-0.2, 0) is 6.54 Å². The van der Waals surface area contributed by atoms with Crippen molar-refractivity contribution >= 4 is 0 Å². The minimum absolute atomic E-state index is 0.686. The summed E-state index contributed by atoms with van der Waals surface area (Å²) in [5.74, 6) is 3.38. The molecule has 1 fully saturated rings. The SMILES string of the molecule is C#CCCCCn1cncc1C1CCNCC1. The van der Waals surface area contributed by atoms with Crippen molar-refractivity contribution < 1.29 is 0 Å². The Labute approximate surface area is 104 Å². The van der Waals surface area contributed by atoms with Gasteiger partial charge in [0.1, 0.15) is 0 Å². The van der Waals surface area contributed by atoms with Crippen LogP contribution < -0.4 is 5.32 Å². The quantitative estimate of drug-likeness (QED) is 0.621. The molecule has 0 spiro atoms. The topological polar surface area (TPSA) is 29.9 Å². The number of piperidine rings is 1. The van der Waals surface area contributed by atoms with Gasteiger partial charge < -0.3 is 9.88 Å². The van der Waals surface area contributed by atoms with E-state index in [9.17, 15) is 0 Å². The maximum atomic E-state index is 5.26. The maximum absolute atomic E-state index is 5.26. The average Bonchev–Trinajstić information content (AvgIpc) is 2.84. The van der Waals surface area contributed by atoms with Crippen molar-refractivity contribution in [2.75, 3.05) is 13.1 Å². The van der Waals surface area contributed by atoms with Gasteiger partial charge in [0, 0.05) is 30.8 Å². The summed E-state index contributed by atoms with van der Waals surface area (Å²) in [6.45, 7) is 3.32. The first-order valence-corrected chi connectivity index (χ1v) is 6.56. The molecule has 1 N–H and O–H groups in total. The number of unbranched alkanes of at least 4 members (excludes halogenated alkanes) is 2. The standard InChI is InChI=1S/C14H21N3/c1-2-3-4-5-10-17-12-16-11-14(17)13-6-8-15-9-7-13/h1,11-13,15H,3-10H2. The number of hydrogen-bond donors (Lipinski definition) is 1. The van der Waals surface area contributed by atoms with Gasteiger partial charge in [-0.2, -0.15) is 0 Å². The lowest BCUT2D eigenvalue weighted by molar-refractivity contribution is 0.436. The molecular weight excluding hydrogens is 210 g/mol. The molecule has 0 amide bonds. The average molecular weight is 231 g/mol. The van der Waals surface area contributed by atoms with Crippen molar-refractivity contribution in [1.29, 1.82) is 0 Å². The second-order valence-corrected chi connectivity index (χ2v) is 4.70. The molecule has 1 aromatic rings. The van der Waals surface area contributed by atoms with Gasteiger partial charge in [0.05, 0.1) is 6.33 Å². The molecule has 3 heteroatoms. The maximum Gasteiger partial charge on any atom is 0.0948 e. The molecule has 0 radical (unpaired) electrons. The Hall–Kier alpha value is -1.27. The second kappa shape index (κ2) is 6.46. The molecule has 2 heterocycles. The first-order valence-electron chi connectivity index (χ1n) is 6.56. The molecule has 1 aromatic heterocycles. The fourth-order valence-corrected chi connectivity index (χ4v) is 2.48. The van der Waals surface area contributed by atoms with E-state index in [1.807, 2.05) is 12.5 Å². The summed E-state index contributed by atoms with van der Waals surface area (Å²) in [7, 11) is 0. The summed E-state index contributed by atoms with van der Waals surface area (Å²) >= 11 is 0. The van der Waals surface area contributed by atoms with Gasteiger partial charge in [-0.15, -0.1) is 12.3 Å². The lowest BCUT2D eigenvalue weighted by atomic mass is 9.95. The predicted octanol–water partition coefficient (Wildman–Crippen LogP) is 2.15. The molecule has 1 aliphatic heterocycles. The molecule has 3 nitrogen and oxygen atoms in total. The molecule has 0 bridgehead atoms. The van der Waals surface area contributed by atoms with Crippen molar-refractivity contribution in [3.05, 3.63) is 18.2 Å². The molecule has 0 aliphatic carbocycles. The van der Waals surface area contributed by atoms with E-state index < -0.39 is 0 Å². The van der Waals surface area contributed by atoms with Crippen LogP contribution in [0.5, 0.6) is 0 Å². The highest BCUT2D eigenvalue weighted by Gasteiger charge is 2.18. The number of terminal acetylenes is 1. The summed E-state index contributed by atoms with van der Waals surface area (Å²) in [6.07, 6.45) is 14.9. The van der Waals surface area contributed by atoms with E-state index in [-0.39, 0.29) is 0 Å². The van der Waals surface area contributed by atoms with Crippen molar-refractivity contribution in [2.24, 2.45) is 0 Å². The number of imidazole rings is 1. The number of hydrogen-bond acceptors (Lipinski definition) is 2. The Balaban J connectivity index is 1.89. The van der Waals surface area contributed by atoms with Gasteiger partial charge >= 0.3 is 0 Å². The number of rotatable bonds is 5. The zero-order valence-electron chi connectivity index (χ0n) is 10.4. The molecule has 92 valence electrons. The van der Waals surface area contributed by atoms with Gasteiger partial charge in [0.25, 0.3) is 0 Å². The van der Waals surface area contributed by atoms with Crippen LogP contribution >= 0.6 is 0 Å². The van der Waals surface area contributed by atoms with E-state index in [1.165, 1.54) is 18.5 Å². The molecule has 1 aliphatic rings. The lowest BCUT2D eigenvalue weighted by Crippen LogP contribution is -2.27. The van der Waals surface area contributed by atoms with Crippen LogP contribution in [-0.4, -0.2) is 22.6 Å². The summed E-state index contributed by atoms with van der Waals surface area (Å²) < 4.78 is 2.31. The van der Waals surface area contributed by atoms with E-state index in [0.717, 1.165) is 38.9 Å². The minimum Gasteiger partial charge on any atom is -0.334 e. The molecular formula is C14H21N3. The van der Waals surface area contributed by atoms with Crippen molar-refractivity contribution in [1.82, 2.24) is 14.9 Å². The fourth-order valence-electron chi connectivity index (χ4n) is 2.48. The van der Waals surface area contributed by atoms with Crippen LogP contribution in [0.3, 0.4) is 0 Å². The van der Waals surface area contributed by atoms with Crippen LogP contribution in [0.4, 0.5) is 0 Å². The first-order chi connectivity index (χ1) is 8.42. The Bertz CT molecular complexity index is 369. The van der Waals surface area contributed by atoms with Gasteiger partial charge in [0.2, 0.25) is 0 Å². The highest BCUT2D eigenvalue weighted by Crippen LogP contribution is 2.24. The molecule has 1 saturated heterocycles. The molecule has 0 saturated carbocycles. The van der Waals surface area contributed by atoms with E-state index in [2.05, 4.69) is 20.8 Å². The summed E-state index contributed by atoms with van der Waals surface area (Å²) in [6, 6.07) is 0. The van der Waals surface area contributed by atoms with Gasteiger partial charge in [-0.05, 0) is 38.8 Å². The molecule has 17 heavy (non-hydrogen) atoms. The van der Waals surface area contributed by atoms with Crippen LogP contribution in [0.1, 0.15) is 43.7 Å². The molecule has 0 aromatic carbocycles. The monoisotopic (exact) mass is 231 g/mol. The van der Waals surface area contributed by atoms with Gasteiger partial charge in [0.15, 0.2) is 0 Å². The Morgan fingerprint density at radius 2 is 2.24 bits per heavy atom. The van der Waals surface area contributed by atoms with Gasteiger partial charge in [-0.3, -0.25) is 0 Å². The normalized spacial score (nSPS) is 16.9. The second-order valence-electron chi connectivity index (χ2n) is 4.70. The number of aryl methyl sites for hydroxylation is 1. The first kappa shape index (κ1) is 12.2. The fraction of sp³-hybridized carbons (Fsp3) is 0.643. The van der Waals surface area contributed by atoms with Gasteiger partial charge in [-0.25, -0.2) is 4.98 Å². The highest BCUT2D eigenvalue weighted by molar-refractivity contribution is 5.07. The third-order valence-electron chi connectivity index (χ3n) is 3.47. The van der Waals surface area contributed by atoms with Crippen LogP contribution in [0.25, 0.3) is 0 Å². The Morgan fingerprint density at radius 3 is 3.00 bits per heavy atom. The summed E-state index contributed by atoms with van der Waals surface area (Å²) in [5, 5.41) is 3.40. The van der Waals surface area contributed by atoms with E-state index in [4.69, 9.17) is 6.42 Å². The van der Waals surface area contributed by atoms with Crippen molar-refractivity contribution in [3.8, 4) is 12.3 Å². The predicted molar refractivity (Wildman–Crippen MR) is 69.8 cm³/mol. The Morgan fingerprint density at radius 1 is 1.41 bits per heavy atom. The minimum atomic E-state index is 0.686. The van der Waals surface area contributed by atoms with Crippen molar-refractivity contribution in [2.45, 2.75) is 44.6 Å². The summed E-state index contributed by atoms with van der Waals surface area (Å²) in [5.41, 5.74) is 1.41. The molecule has 0 atom stereocenters. The van der Waals surface area contributed by atoms with E-state index >= 15 is 0 Å².